The topological polar surface area (TPSA) is 62.3 Å². The van der Waals surface area contributed by atoms with Crippen LogP contribution in [0.1, 0.15) is 23.4 Å². The number of aromatic nitrogens is 1. The van der Waals surface area contributed by atoms with Gasteiger partial charge in [-0.25, -0.2) is 4.98 Å². The molecular weight excluding hydrogens is 422 g/mol. The van der Waals surface area contributed by atoms with Crippen LogP contribution in [0.25, 0.3) is 9.88 Å². The summed E-state index contributed by atoms with van der Waals surface area (Å²) in [7, 11) is 0. The van der Waals surface area contributed by atoms with Gasteiger partial charge in [0.25, 0.3) is 0 Å². The fourth-order valence-corrected chi connectivity index (χ4v) is 5.82. The van der Waals surface area contributed by atoms with Gasteiger partial charge in [0.05, 0.1) is 17.0 Å². The fraction of sp³-hybridized carbons (Fsp3) is 0.381. The first-order valence-corrected chi connectivity index (χ1v) is 12.4. The third-order valence-electron chi connectivity index (χ3n) is 5.09. The molecule has 152 valence electrons. The van der Waals surface area contributed by atoms with E-state index < -0.39 is 0 Å². The van der Waals surface area contributed by atoms with Crippen molar-refractivity contribution in [3.05, 3.63) is 51.0 Å². The molecule has 0 atom stereocenters. The van der Waals surface area contributed by atoms with Gasteiger partial charge in [0.1, 0.15) is 5.01 Å². The van der Waals surface area contributed by atoms with Crippen molar-refractivity contribution in [2.45, 2.75) is 25.7 Å². The van der Waals surface area contributed by atoms with E-state index in [0.717, 1.165) is 34.8 Å². The normalized spacial score (nSPS) is 14.8. The number of amides is 2. The van der Waals surface area contributed by atoms with Crippen molar-refractivity contribution in [1.82, 2.24) is 15.2 Å². The molecule has 3 aromatic heterocycles. The van der Waals surface area contributed by atoms with Crippen LogP contribution in [-0.4, -0.2) is 41.3 Å². The molecule has 1 aliphatic rings. The van der Waals surface area contributed by atoms with Crippen LogP contribution in [0.5, 0.6) is 0 Å². The van der Waals surface area contributed by atoms with Crippen molar-refractivity contribution < 1.29 is 9.59 Å². The summed E-state index contributed by atoms with van der Waals surface area (Å²) in [6.07, 6.45) is 2.68. The average Bonchev–Trinajstić information content (AvgIpc) is 3.50. The number of hydrogen-bond acceptors (Lipinski definition) is 6. The minimum atomic E-state index is -0.00194. The predicted molar refractivity (Wildman–Crippen MR) is 119 cm³/mol. The first kappa shape index (κ1) is 20.3. The van der Waals surface area contributed by atoms with Gasteiger partial charge in [-0.15, -0.1) is 34.0 Å². The van der Waals surface area contributed by atoms with Crippen molar-refractivity contribution in [2.75, 3.05) is 19.6 Å². The Balaban J connectivity index is 1.18. The summed E-state index contributed by atoms with van der Waals surface area (Å²) in [5.41, 5.74) is 1.02. The molecular formula is C21H23N3O2S3. The number of likely N-dealkylation sites (tertiary alicyclic amines) is 1. The second-order valence-electron chi connectivity index (χ2n) is 7.07. The number of hydrogen-bond donors (Lipinski definition) is 1. The lowest BCUT2D eigenvalue weighted by molar-refractivity contribution is -0.135. The lowest BCUT2D eigenvalue weighted by atomic mass is 9.95. The molecule has 0 radical (unpaired) electrons. The minimum Gasteiger partial charge on any atom is -0.355 e. The maximum Gasteiger partial charge on any atom is 0.227 e. The molecule has 2 amide bonds. The number of carbonyl (C=O) groups is 2. The van der Waals surface area contributed by atoms with Gasteiger partial charge in [0.15, 0.2) is 0 Å². The zero-order chi connectivity index (χ0) is 20.1. The van der Waals surface area contributed by atoms with Crippen LogP contribution in [0.2, 0.25) is 0 Å². The molecule has 4 heterocycles. The second-order valence-corrected chi connectivity index (χ2v) is 9.91. The summed E-state index contributed by atoms with van der Waals surface area (Å²) >= 11 is 4.95. The maximum absolute atomic E-state index is 12.5. The number of thiazole rings is 1. The van der Waals surface area contributed by atoms with Gasteiger partial charge in [0.2, 0.25) is 11.8 Å². The van der Waals surface area contributed by atoms with Gasteiger partial charge in [-0.05, 0) is 35.7 Å². The highest BCUT2D eigenvalue weighted by molar-refractivity contribution is 7.20. The number of thiophene rings is 2. The Morgan fingerprint density at radius 2 is 1.90 bits per heavy atom. The molecule has 1 N–H and O–H groups in total. The van der Waals surface area contributed by atoms with E-state index in [0.29, 0.717) is 26.1 Å². The third kappa shape index (κ3) is 5.32. The molecule has 4 rings (SSSR count). The summed E-state index contributed by atoms with van der Waals surface area (Å²) in [5.74, 6) is 0.262. The van der Waals surface area contributed by atoms with Gasteiger partial charge >= 0.3 is 0 Å². The van der Waals surface area contributed by atoms with E-state index in [9.17, 15) is 9.59 Å². The Morgan fingerprint density at radius 1 is 1.10 bits per heavy atom. The van der Waals surface area contributed by atoms with Crippen LogP contribution >= 0.6 is 34.0 Å². The van der Waals surface area contributed by atoms with E-state index in [1.165, 1.54) is 4.88 Å². The van der Waals surface area contributed by atoms with Crippen molar-refractivity contribution in [2.24, 2.45) is 5.92 Å². The molecule has 1 aliphatic heterocycles. The van der Waals surface area contributed by atoms with E-state index in [1.807, 2.05) is 28.5 Å². The molecule has 3 aromatic rings. The molecule has 0 unspecified atom stereocenters. The van der Waals surface area contributed by atoms with Gasteiger partial charge in [-0.3, -0.25) is 9.59 Å². The number of piperidine rings is 1. The zero-order valence-corrected chi connectivity index (χ0v) is 18.5. The minimum absolute atomic E-state index is 0.00194. The van der Waals surface area contributed by atoms with Gasteiger partial charge in [-0.1, -0.05) is 12.1 Å². The Bertz CT molecular complexity index is 926. The summed E-state index contributed by atoms with van der Waals surface area (Å²) in [6, 6.07) is 8.07. The molecule has 8 heteroatoms. The fourth-order valence-electron chi connectivity index (χ4n) is 3.46. The van der Waals surface area contributed by atoms with Crippen LogP contribution in [0.3, 0.4) is 0 Å². The zero-order valence-electron chi connectivity index (χ0n) is 16.0. The Kier molecular flexibility index (Phi) is 6.74. The molecule has 0 aliphatic carbocycles. The van der Waals surface area contributed by atoms with Crippen LogP contribution in [-0.2, 0) is 22.4 Å². The highest BCUT2D eigenvalue weighted by Crippen LogP contribution is 2.27. The standard InChI is InChI=1S/C21H23N3O2S3/c25-19(13-17-3-1-11-27-17)24-9-6-15(7-10-24)20(26)22-8-5-16-14-29-21(23-16)18-4-2-12-28-18/h1-4,11-12,14-15H,5-10,13H2,(H,22,26). The highest BCUT2D eigenvalue weighted by Gasteiger charge is 2.27. The molecule has 1 saturated heterocycles. The van der Waals surface area contributed by atoms with Crippen molar-refractivity contribution in [1.29, 1.82) is 0 Å². The van der Waals surface area contributed by atoms with Crippen LogP contribution in [0.4, 0.5) is 0 Å². The summed E-state index contributed by atoms with van der Waals surface area (Å²) in [5, 5.41) is 10.2. The van der Waals surface area contributed by atoms with E-state index in [-0.39, 0.29) is 17.7 Å². The van der Waals surface area contributed by atoms with Crippen LogP contribution in [0.15, 0.2) is 40.4 Å². The quantitative estimate of drug-likeness (QED) is 0.596. The predicted octanol–water partition coefficient (Wildman–Crippen LogP) is 4.07. The summed E-state index contributed by atoms with van der Waals surface area (Å²) in [6.45, 7) is 1.93. The van der Waals surface area contributed by atoms with Gasteiger partial charge in [0, 0.05) is 42.2 Å². The molecule has 0 saturated carbocycles. The van der Waals surface area contributed by atoms with E-state index in [4.69, 9.17) is 0 Å². The van der Waals surface area contributed by atoms with Crippen LogP contribution in [0, 0.1) is 5.92 Å². The van der Waals surface area contributed by atoms with Crippen LogP contribution < -0.4 is 5.32 Å². The van der Waals surface area contributed by atoms with E-state index >= 15 is 0 Å². The summed E-state index contributed by atoms with van der Waals surface area (Å²) < 4.78 is 0. The molecule has 0 bridgehead atoms. The maximum atomic E-state index is 12.5. The largest absolute Gasteiger partial charge is 0.355 e. The molecule has 0 aromatic carbocycles. The smallest absolute Gasteiger partial charge is 0.227 e. The summed E-state index contributed by atoms with van der Waals surface area (Å²) in [4.78, 5) is 33.7. The first-order valence-electron chi connectivity index (χ1n) is 9.75. The number of nitrogens with one attached hydrogen (secondary N) is 1. The monoisotopic (exact) mass is 445 g/mol. The lowest BCUT2D eigenvalue weighted by Crippen LogP contribution is -2.43. The Hall–Kier alpha value is -2.03. The molecule has 29 heavy (non-hydrogen) atoms. The molecule has 5 nitrogen and oxygen atoms in total. The third-order valence-corrected chi connectivity index (χ3v) is 7.89. The van der Waals surface area contributed by atoms with Crippen molar-refractivity contribution in [3.63, 3.8) is 0 Å². The average molecular weight is 446 g/mol. The van der Waals surface area contributed by atoms with Gasteiger partial charge < -0.3 is 10.2 Å². The first-order chi connectivity index (χ1) is 14.2. The Morgan fingerprint density at radius 3 is 2.62 bits per heavy atom. The lowest BCUT2D eigenvalue weighted by Gasteiger charge is -2.31. The molecule has 1 fully saturated rings. The highest BCUT2D eigenvalue weighted by atomic mass is 32.1. The van der Waals surface area contributed by atoms with Crippen molar-refractivity contribution in [3.8, 4) is 9.88 Å². The molecule has 0 spiro atoms. The number of nitrogens with zero attached hydrogens (tertiary/aromatic N) is 2. The second kappa shape index (κ2) is 9.65. The SMILES string of the molecule is O=C(NCCc1csc(-c2cccs2)n1)C1CCN(C(=O)Cc2cccs2)CC1. The van der Waals surface area contributed by atoms with E-state index in [2.05, 4.69) is 27.1 Å². The van der Waals surface area contributed by atoms with Crippen molar-refractivity contribution >= 4 is 45.8 Å². The van der Waals surface area contributed by atoms with E-state index in [1.54, 1.807) is 34.0 Å². The number of carbonyl (C=O) groups excluding carboxylic acids is 2. The Labute approximate surface area is 182 Å². The number of rotatable bonds is 7. The van der Waals surface area contributed by atoms with Gasteiger partial charge in [-0.2, -0.15) is 0 Å².